The summed E-state index contributed by atoms with van der Waals surface area (Å²) in [6, 6.07) is 0. The van der Waals surface area contributed by atoms with Gasteiger partial charge in [-0.05, 0) is 0 Å². The van der Waals surface area contributed by atoms with Gasteiger partial charge in [0.15, 0.2) is 0 Å². The summed E-state index contributed by atoms with van der Waals surface area (Å²) in [6.07, 6.45) is 0. The average Bonchev–Trinajstić information content (AvgIpc) is 0. The molecular weight excluding hydrogens is 398 g/mol. The molecule has 0 unspecified atom stereocenters. The first-order valence-electron chi connectivity index (χ1n) is 0. The van der Waals surface area contributed by atoms with Crippen molar-refractivity contribution < 1.29 is 109 Å². The van der Waals surface area contributed by atoms with Crippen LogP contribution in [0, 0.1) is 40.8 Å². The minimum absolute atomic E-state index is 0. The van der Waals surface area contributed by atoms with Crippen LogP contribution in [0.4, 0.5) is 0 Å². The van der Waals surface area contributed by atoms with Gasteiger partial charge < -0.3 is 0 Å². The Kier molecular flexibility index (Phi) is 207. The van der Waals surface area contributed by atoms with E-state index in [0.717, 1.165) is 0 Å². The average molecular weight is 398 g/mol. The summed E-state index contributed by atoms with van der Waals surface area (Å²) in [5.41, 5.74) is 0. The molecule has 0 heterocycles. The molecule has 0 bridgehead atoms. The van der Waals surface area contributed by atoms with E-state index in [4.69, 9.17) is 0 Å². The number of rotatable bonds is 0. The van der Waals surface area contributed by atoms with Crippen molar-refractivity contribution in [2.24, 2.45) is 0 Å². The number of hydrogen-bond acceptors (Lipinski definition) is 0. The summed E-state index contributed by atoms with van der Waals surface area (Å²) in [5.74, 6) is 0. The Morgan fingerprint density at radius 1 is 0.400 bits per heavy atom. The Hall–Kier alpha value is 3.43. The molecule has 0 aliphatic heterocycles. The largest absolute Gasteiger partial charge is 0 e. The van der Waals surface area contributed by atoms with Crippen LogP contribution < -0.4 is 0 Å². The third-order valence-electron chi connectivity index (χ3n) is 0. The standard InChI is InChI=1S/4Cu.Nd. The van der Waals surface area contributed by atoms with Crippen molar-refractivity contribution in [2.75, 3.05) is 0 Å². The Morgan fingerprint density at radius 3 is 0.400 bits per heavy atom. The summed E-state index contributed by atoms with van der Waals surface area (Å²) in [4.78, 5) is 0. The maximum atomic E-state index is 0. The van der Waals surface area contributed by atoms with Crippen molar-refractivity contribution in [1.29, 1.82) is 0 Å². The van der Waals surface area contributed by atoms with Gasteiger partial charge in [0.2, 0.25) is 0 Å². The van der Waals surface area contributed by atoms with Crippen molar-refractivity contribution in [3.05, 3.63) is 0 Å². The predicted molar refractivity (Wildman–Crippen MR) is 0 cm³/mol. The molecule has 0 saturated carbocycles. The van der Waals surface area contributed by atoms with Gasteiger partial charge in [-0.15, -0.1) is 0 Å². The van der Waals surface area contributed by atoms with Crippen molar-refractivity contribution in [2.45, 2.75) is 0 Å². The summed E-state index contributed by atoms with van der Waals surface area (Å²) in [5, 5.41) is 0. The molecule has 0 aliphatic rings. The first-order chi connectivity index (χ1) is 0. The van der Waals surface area contributed by atoms with Crippen molar-refractivity contribution in [1.82, 2.24) is 0 Å². The van der Waals surface area contributed by atoms with Crippen LogP contribution in [0.5, 0.6) is 0 Å². The zero-order chi connectivity index (χ0) is 0. The Morgan fingerprint density at radius 2 is 0.400 bits per heavy atom. The molecule has 0 spiro atoms. The first kappa shape index (κ1) is 39.6. The molecule has 0 aromatic heterocycles. The van der Waals surface area contributed by atoms with E-state index >= 15 is 0 Å². The van der Waals surface area contributed by atoms with Gasteiger partial charge in [0.25, 0.3) is 0 Å². The van der Waals surface area contributed by atoms with Gasteiger partial charge in [0.05, 0.1) is 0 Å². The zero-order valence-electron chi connectivity index (χ0n) is 1.71. The monoisotopic (exact) mass is 394 g/mol. The minimum Gasteiger partial charge on any atom is 0 e. The Balaban J connectivity index is 0. The summed E-state index contributed by atoms with van der Waals surface area (Å²) in [7, 11) is 0. The quantitative estimate of drug-likeness (QED) is 0.504. The zero-order valence-corrected chi connectivity index (χ0v) is 8.68. The first-order valence-corrected chi connectivity index (χ1v) is 0. The molecule has 48 valence electrons. The maximum Gasteiger partial charge on any atom is 0 e. The van der Waals surface area contributed by atoms with E-state index in [-0.39, 0.29) is 109 Å². The second kappa shape index (κ2) is 26.1. The fraction of sp³-hybridized carbons (Fsp3) is 0. The second-order valence-electron chi connectivity index (χ2n) is 0. The molecule has 0 rings (SSSR count). The normalized spacial score (nSPS) is 0. The fourth-order valence-corrected chi connectivity index (χ4v) is 0. The predicted octanol–water partition coefficient (Wildman–Crippen LogP) is -0.0100. The third kappa shape index (κ3) is 18.6. The van der Waals surface area contributed by atoms with Gasteiger partial charge in [-0.2, -0.15) is 0 Å². The molecule has 0 atom stereocenters. The summed E-state index contributed by atoms with van der Waals surface area (Å²) < 4.78 is 0. The van der Waals surface area contributed by atoms with Crippen LogP contribution in [0.3, 0.4) is 0 Å². The van der Waals surface area contributed by atoms with Crippen molar-refractivity contribution in [3.63, 3.8) is 0 Å². The maximum absolute atomic E-state index is 0. The topological polar surface area (TPSA) is 0 Å². The van der Waals surface area contributed by atoms with E-state index < -0.39 is 0 Å². The smallest absolute Gasteiger partial charge is 0 e. The van der Waals surface area contributed by atoms with Crippen molar-refractivity contribution in [3.8, 4) is 0 Å². The Labute approximate surface area is 107 Å². The SMILES string of the molecule is [Cu].[Cu].[Cu].[Cu].[Nd]. The number of hydrogen-bond donors (Lipinski definition) is 0. The van der Waals surface area contributed by atoms with Crippen LogP contribution in [-0.4, -0.2) is 0 Å². The molecule has 0 amide bonds. The van der Waals surface area contributed by atoms with Gasteiger partial charge in [-0.3, -0.25) is 0 Å². The molecule has 4 radical (unpaired) electrons. The minimum atomic E-state index is 0. The van der Waals surface area contributed by atoms with Gasteiger partial charge >= 0.3 is 0 Å². The van der Waals surface area contributed by atoms with Gasteiger partial charge in [-0.1, -0.05) is 0 Å². The molecule has 5 heteroatoms. The van der Waals surface area contributed by atoms with E-state index in [0.29, 0.717) is 0 Å². The Bertz CT molecular complexity index is 3.61. The molecule has 0 saturated heterocycles. The second-order valence-corrected chi connectivity index (χ2v) is 0. The summed E-state index contributed by atoms with van der Waals surface area (Å²) >= 11 is 0. The fourth-order valence-electron chi connectivity index (χ4n) is 0. The van der Waals surface area contributed by atoms with E-state index in [1.807, 2.05) is 0 Å². The molecule has 0 nitrogen and oxygen atoms in total. The molecule has 0 fully saturated rings. The molecule has 0 N–H and O–H groups in total. The van der Waals surface area contributed by atoms with Crippen LogP contribution in [-0.2, 0) is 68.3 Å². The molecule has 0 aromatic carbocycles. The van der Waals surface area contributed by atoms with E-state index in [2.05, 4.69) is 0 Å². The van der Waals surface area contributed by atoms with Gasteiger partial charge in [0, 0.05) is 109 Å². The third-order valence-corrected chi connectivity index (χ3v) is 0. The molecule has 0 aliphatic carbocycles. The van der Waals surface area contributed by atoms with Crippen LogP contribution in [0.1, 0.15) is 0 Å². The summed E-state index contributed by atoms with van der Waals surface area (Å²) in [6.45, 7) is 0. The molecular formula is Cu4Nd. The van der Waals surface area contributed by atoms with E-state index in [1.165, 1.54) is 0 Å². The van der Waals surface area contributed by atoms with Crippen LogP contribution in [0.25, 0.3) is 0 Å². The van der Waals surface area contributed by atoms with Crippen LogP contribution in [0.2, 0.25) is 0 Å². The van der Waals surface area contributed by atoms with Crippen molar-refractivity contribution >= 4 is 0 Å². The molecule has 5 heavy (non-hydrogen) atoms. The van der Waals surface area contributed by atoms with Gasteiger partial charge in [0.1, 0.15) is 0 Å². The molecule has 0 aromatic rings. The van der Waals surface area contributed by atoms with Crippen LogP contribution >= 0.6 is 0 Å². The van der Waals surface area contributed by atoms with Gasteiger partial charge in [-0.25, -0.2) is 0 Å². The van der Waals surface area contributed by atoms with E-state index in [9.17, 15) is 0 Å². The van der Waals surface area contributed by atoms with E-state index in [1.54, 1.807) is 0 Å². The van der Waals surface area contributed by atoms with Crippen LogP contribution in [0.15, 0.2) is 0 Å².